The topological polar surface area (TPSA) is 365 Å². The SMILES string of the molecule is CC(C)(C)OC(=O)NCCN.CCCNc1cccc2c1C(=O)N(C1CCC(=O)NC1=O)C2=O.NCCNc1cccc2c1C(=O)N(C1CCC(=O)NC1=O)C2=O.O=C1CCC(N2C(=O)c3cccc(F)c3C2=O)C(=O)N1. The second-order valence-corrected chi connectivity index (χ2v) is 18.8. The lowest BCUT2D eigenvalue weighted by Gasteiger charge is -2.27. The fourth-order valence-electron chi connectivity index (χ4n) is 8.75. The molecule has 0 spiro atoms. The van der Waals surface area contributed by atoms with Gasteiger partial charge in [0, 0.05) is 63.4 Å². The van der Waals surface area contributed by atoms with Crippen molar-refractivity contribution in [2.45, 2.75) is 96.4 Å². The van der Waals surface area contributed by atoms with E-state index in [1.165, 1.54) is 12.1 Å². The molecule has 0 saturated carbocycles. The molecule has 408 valence electrons. The van der Waals surface area contributed by atoms with Crippen molar-refractivity contribution in [2.75, 3.05) is 43.4 Å². The molecule has 26 heteroatoms. The smallest absolute Gasteiger partial charge is 0.407 e. The number of carbonyl (C=O) groups is 13. The van der Waals surface area contributed by atoms with E-state index < -0.39 is 101 Å². The van der Waals surface area contributed by atoms with E-state index in [1.807, 2.05) is 27.7 Å². The predicted molar refractivity (Wildman–Crippen MR) is 269 cm³/mol. The highest BCUT2D eigenvalue weighted by Gasteiger charge is 2.48. The van der Waals surface area contributed by atoms with Crippen molar-refractivity contribution in [3.05, 3.63) is 93.8 Å². The van der Waals surface area contributed by atoms with Gasteiger partial charge in [-0.1, -0.05) is 25.1 Å². The summed E-state index contributed by atoms with van der Waals surface area (Å²) >= 11 is 0. The zero-order valence-electron chi connectivity index (χ0n) is 42.5. The molecule has 0 aromatic heterocycles. The second kappa shape index (κ2) is 24.7. The van der Waals surface area contributed by atoms with Gasteiger partial charge in [-0.2, -0.15) is 0 Å². The van der Waals surface area contributed by atoms with Gasteiger partial charge in [-0.15, -0.1) is 0 Å². The predicted octanol–water partition coefficient (Wildman–Crippen LogP) is 1.06. The minimum Gasteiger partial charge on any atom is -0.444 e. The summed E-state index contributed by atoms with van der Waals surface area (Å²) in [5, 5.41) is 15.1. The Morgan fingerprint density at radius 1 is 0.558 bits per heavy atom. The molecule has 3 aromatic rings. The zero-order chi connectivity index (χ0) is 56.5. The fraction of sp³-hybridized carbons (Fsp3) is 0.392. The van der Waals surface area contributed by atoms with Gasteiger partial charge in [0.05, 0.1) is 33.4 Å². The summed E-state index contributed by atoms with van der Waals surface area (Å²) in [7, 11) is 0. The Labute approximate surface area is 439 Å². The standard InChI is InChI=1S/C16H17N3O4.C15H16N4O4.C13H9FN2O4.C7H16N2O2/c1-2-8-17-10-5-3-4-9-13(10)16(23)19(15(9)22)11-6-7-12(20)18-14(11)21;16-6-7-17-9-3-1-2-8-12(9)15(23)19(14(8)22)10-4-5-11(20)18-13(10)21;14-7-3-1-2-6-10(7)13(20)16(12(6)19)8-4-5-9(17)15-11(8)18;1-7(2,3)11-6(10)9-5-4-8/h3-5,11,17H,2,6-8H2,1H3,(H,18,20,21);1-3,10,17H,4-7,16H2,(H,18,20,21);1-3,8H,4-5H2,(H,15,17,18);4-5,8H2,1-3H3,(H,9,10). The molecule has 6 heterocycles. The molecule has 3 unspecified atom stereocenters. The largest absolute Gasteiger partial charge is 0.444 e. The Kier molecular flexibility index (Phi) is 18.5. The minimum absolute atomic E-state index is 0.0340. The summed E-state index contributed by atoms with van der Waals surface area (Å²) in [5.74, 6) is -7.52. The number of nitrogens with two attached hydrogens (primary N) is 2. The van der Waals surface area contributed by atoms with E-state index in [1.54, 1.807) is 36.4 Å². The monoisotopic (exact) mass is 1070 g/mol. The third-order valence-corrected chi connectivity index (χ3v) is 12.2. The number of nitrogens with zero attached hydrogens (tertiary/aromatic N) is 3. The number of amides is 13. The first-order valence-electron chi connectivity index (χ1n) is 24.6. The number of halogens is 1. The summed E-state index contributed by atoms with van der Waals surface area (Å²) in [6, 6.07) is 10.7. The summed E-state index contributed by atoms with van der Waals surface area (Å²) < 4.78 is 18.6. The third kappa shape index (κ3) is 12.8. The van der Waals surface area contributed by atoms with Crippen LogP contribution in [0.15, 0.2) is 54.6 Å². The van der Waals surface area contributed by atoms with Gasteiger partial charge >= 0.3 is 6.09 Å². The van der Waals surface area contributed by atoms with Crippen LogP contribution in [0.3, 0.4) is 0 Å². The molecule has 0 aliphatic carbocycles. The number of alkyl carbamates (subject to hydrolysis) is 1. The van der Waals surface area contributed by atoms with E-state index in [4.69, 9.17) is 16.2 Å². The molecule has 0 radical (unpaired) electrons. The van der Waals surface area contributed by atoms with Crippen LogP contribution in [0, 0.1) is 5.82 Å². The van der Waals surface area contributed by atoms with E-state index in [0.29, 0.717) is 55.2 Å². The third-order valence-electron chi connectivity index (χ3n) is 12.2. The van der Waals surface area contributed by atoms with Crippen LogP contribution in [0.25, 0.3) is 0 Å². The maximum atomic E-state index is 13.7. The lowest BCUT2D eigenvalue weighted by atomic mass is 10.0. The number of nitrogens with one attached hydrogen (secondary N) is 6. The quantitative estimate of drug-likeness (QED) is 0.124. The van der Waals surface area contributed by atoms with Gasteiger partial charge in [0.1, 0.15) is 29.5 Å². The number of ether oxygens (including phenoxy) is 1. The number of carbonyl (C=O) groups excluding carboxylic acids is 13. The molecular weight excluding hydrogens is 1010 g/mol. The summed E-state index contributed by atoms with van der Waals surface area (Å²) in [6.07, 6.45) is 1.07. The lowest BCUT2D eigenvalue weighted by Crippen LogP contribution is -2.54. The molecule has 25 nitrogen and oxygen atoms in total. The number of anilines is 2. The first-order valence-corrected chi connectivity index (χ1v) is 24.6. The first-order chi connectivity index (χ1) is 36.5. The number of benzene rings is 3. The maximum absolute atomic E-state index is 13.7. The Balaban J connectivity index is 0.000000171. The van der Waals surface area contributed by atoms with Crippen LogP contribution in [-0.4, -0.2) is 148 Å². The second-order valence-electron chi connectivity index (χ2n) is 18.8. The Morgan fingerprint density at radius 3 is 1.27 bits per heavy atom. The molecule has 3 saturated heterocycles. The van der Waals surface area contributed by atoms with Gasteiger partial charge in [0.15, 0.2) is 0 Å². The van der Waals surface area contributed by atoms with Gasteiger partial charge in [0.25, 0.3) is 35.4 Å². The molecule has 77 heavy (non-hydrogen) atoms. The Morgan fingerprint density at radius 2 is 0.922 bits per heavy atom. The average molecular weight is 1070 g/mol. The van der Waals surface area contributed by atoms with Gasteiger partial charge in [0.2, 0.25) is 35.4 Å². The van der Waals surface area contributed by atoms with E-state index in [-0.39, 0.29) is 66.7 Å². The van der Waals surface area contributed by atoms with E-state index in [2.05, 4.69) is 31.9 Å². The van der Waals surface area contributed by atoms with Crippen LogP contribution in [0.5, 0.6) is 0 Å². The van der Waals surface area contributed by atoms with Crippen LogP contribution in [0.2, 0.25) is 0 Å². The number of hydrogen-bond donors (Lipinski definition) is 8. The molecule has 0 bridgehead atoms. The minimum atomic E-state index is -1.07. The highest BCUT2D eigenvalue weighted by molar-refractivity contribution is 6.27. The average Bonchev–Trinajstić information content (AvgIpc) is 3.90. The molecule has 9 rings (SSSR count). The van der Waals surface area contributed by atoms with E-state index >= 15 is 0 Å². The molecule has 6 aliphatic heterocycles. The highest BCUT2D eigenvalue weighted by Crippen LogP contribution is 2.34. The van der Waals surface area contributed by atoms with Crippen molar-refractivity contribution in [1.82, 2.24) is 36.0 Å². The number of piperidine rings is 3. The van der Waals surface area contributed by atoms with Crippen LogP contribution < -0.4 is 43.4 Å². The van der Waals surface area contributed by atoms with Crippen molar-refractivity contribution in [3.8, 4) is 0 Å². The maximum Gasteiger partial charge on any atom is 0.407 e. The van der Waals surface area contributed by atoms with Crippen LogP contribution in [0.4, 0.5) is 20.6 Å². The van der Waals surface area contributed by atoms with Gasteiger partial charge in [-0.25, -0.2) is 9.18 Å². The van der Waals surface area contributed by atoms with Crippen molar-refractivity contribution in [3.63, 3.8) is 0 Å². The molecule has 3 aromatic carbocycles. The van der Waals surface area contributed by atoms with E-state index in [9.17, 15) is 66.7 Å². The number of fused-ring (bicyclic) bond motifs is 3. The highest BCUT2D eigenvalue weighted by atomic mass is 19.1. The molecular formula is C51H58FN11O14. The molecule has 3 atom stereocenters. The lowest BCUT2D eigenvalue weighted by molar-refractivity contribution is -0.137. The van der Waals surface area contributed by atoms with Crippen LogP contribution in [-0.2, 0) is 33.5 Å². The molecule has 6 aliphatic rings. The number of imide groups is 6. The van der Waals surface area contributed by atoms with Crippen molar-refractivity contribution in [2.24, 2.45) is 11.5 Å². The van der Waals surface area contributed by atoms with Gasteiger partial charge in [-0.05, 0) is 82.9 Å². The zero-order valence-corrected chi connectivity index (χ0v) is 42.5. The van der Waals surface area contributed by atoms with E-state index in [0.717, 1.165) is 27.2 Å². The molecule has 3 fully saturated rings. The Bertz CT molecular complexity index is 2840. The number of rotatable bonds is 11. The molecule has 10 N–H and O–H groups in total. The Hall–Kier alpha value is -8.78. The summed E-state index contributed by atoms with van der Waals surface area (Å²) in [4.78, 5) is 158. The number of hydrogen-bond acceptors (Lipinski definition) is 18. The van der Waals surface area contributed by atoms with Crippen LogP contribution in [0.1, 0.15) is 135 Å². The molecule has 13 amide bonds. The normalized spacial score (nSPS) is 19.6. The van der Waals surface area contributed by atoms with Crippen LogP contribution >= 0.6 is 0 Å². The van der Waals surface area contributed by atoms with Crippen molar-refractivity contribution < 1.29 is 71.5 Å². The summed E-state index contributed by atoms with van der Waals surface area (Å²) in [5.41, 5.74) is 12.0. The summed E-state index contributed by atoms with van der Waals surface area (Å²) in [6.45, 7) is 9.83. The first kappa shape index (κ1) is 57.5. The van der Waals surface area contributed by atoms with Gasteiger partial charge < -0.3 is 32.2 Å². The van der Waals surface area contributed by atoms with Gasteiger partial charge in [-0.3, -0.25) is 88.2 Å². The fourth-order valence-corrected chi connectivity index (χ4v) is 8.75. The van der Waals surface area contributed by atoms with Crippen molar-refractivity contribution >= 4 is 88.4 Å². The van der Waals surface area contributed by atoms with Crippen molar-refractivity contribution in [1.29, 1.82) is 0 Å².